The molecule has 0 aromatic heterocycles. The van der Waals surface area contributed by atoms with Gasteiger partial charge in [-0.3, -0.25) is 0 Å². The molecule has 0 aromatic rings. The van der Waals surface area contributed by atoms with E-state index in [1.165, 1.54) is 0 Å². The molecule has 4 unspecified atom stereocenters. The van der Waals surface area contributed by atoms with E-state index in [1.807, 2.05) is 6.26 Å². The van der Waals surface area contributed by atoms with E-state index in [-0.39, 0.29) is 23.8 Å². The molecule has 0 aromatic carbocycles. The van der Waals surface area contributed by atoms with Crippen molar-refractivity contribution in [2.75, 3.05) is 12.9 Å². The van der Waals surface area contributed by atoms with Crippen LogP contribution >= 0.6 is 11.8 Å². The zero-order valence-corrected chi connectivity index (χ0v) is 10.3. The second kappa shape index (κ2) is 6.37. The molecule has 86 valence electrons. The van der Waals surface area contributed by atoms with Crippen LogP contribution in [-0.2, 0) is 0 Å². The lowest BCUT2D eigenvalue weighted by Crippen LogP contribution is -2.44. The summed E-state index contributed by atoms with van der Waals surface area (Å²) in [6, 6.07) is 2.96. The summed E-state index contributed by atoms with van der Waals surface area (Å²) in [5.74, 6) is 0.161. The van der Waals surface area contributed by atoms with E-state index in [9.17, 15) is 0 Å². The fourth-order valence-corrected chi connectivity index (χ4v) is 2.83. The predicted molar refractivity (Wildman–Crippen MR) is 63.7 cm³/mol. The third-order valence-corrected chi connectivity index (χ3v) is 4.36. The van der Waals surface area contributed by atoms with Crippen LogP contribution in [0.2, 0.25) is 0 Å². The number of aliphatic hydroxyl groups is 1. The first-order valence-corrected chi connectivity index (χ1v) is 6.81. The van der Waals surface area contributed by atoms with E-state index in [4.69, 9.17) is 10.4 Å². The van der Waals surface area contributed by atoms with Crippen LogP contribution in [0.5, 0.6) is 0 Å². The minimum Gasteiger partial charge on any atom is -0.395 e. The van der Waals surface area contributed by atoms with Crippen molar-refractivity contribution in [1.29, 1.82) is 5.26 Å². The van der Waals surface area contributed by atoms with Crippen molar-refractivity contribution in [2.45, 2.75) is 43.5 Å². The van der Waals surface area contributed by atoms with Crippen molar-refractivity contribution in [3.05, 3.63) is 0 Å². The van der Waals surface area contributed by atoms with Gasteiger partial charge in [0, 0.05) is 17.3 Å². The molecule has 0 saturated heterocycles. The molecular formula is C11H20N2OS. The fraction of sp³-hybridized carbons (Fsp3) is 0.909. The maximum atomic E-state index is 9.17. The van der Waals surface area contributed by atoms with Crippen LogP contribution < -0.4 is 5.32 Å². The van der Waals surface area contributed by atoms with E-state index >= 15 is 0 Å². The van der Waals surface area contributed by atoms with E-state index < -0.39 is 0 Å². The van der Waals surface area contributed by atoms with Gasteiger partial charge in [0.25, 0.3) is 0 Å². The largest absolute Gasteiger partial charge is 0.395 e. The summed E-state index contributed by atoms with van der Waals surface area (Å²) < 4.78 is 0. The van der Waals surface area contributed by atoms with Gasteiger partial charge in [0.1, 0.15) is 0 Å². The summed E-state index contributed by atoms with van der Waals surface area (Å²) in [5.41, 5.74) is 0. The molecular weight excluding hydrogens is 208 g/mol. The summed E-state index contributed by atoms with van der Waals surface area (Å²) in [6.07, 6.45) is 5.26. The van der Waals surface area contributed by atoms with Crippen LogP contribution in [0.25, 0.3) is 0 Å². The minimum absolute atomic E-state index is 0.161. The molecule has 0 heterocycles. The van der Waals surface area contributed by atoms with Crippen LogP contribution in [0, 0.1) is 17.2 Å². The molecule has 0 aliphatic heterocycles. The molecule has 0 amide bonds. The Balaban J connectivity index is 2.43. The standard InChI is InChI=1S/C11H20N2OS/c1-8(11(7-14)15-2)13-10-5-3-4-9(10)6-12/h8-11,13-14H,3-5,7H2,1-2H3. The van der Waals surface area contributed by atoms with Crippen molar-refractivity contribution in [3.63, 3.8) is 0 Å². The third-order valence-electron chi connectivity index (χ3n) is 3.20. The van der Waals surface area contributed by atoms with Gasteiger partial charge in [0.15, 0.2) is 0 Å². The second-order valence-corrected chi connectivity index (χ2v) is 5.26. The van der Waals surface area contributed by atoms with E-state index in [2.05, 4.69) is 18.3 Å². The number of hydrogen-bond acceptors (Lipinski definition) is 4. The molecule has 1 aliphatic rings. The van der Waals surface area contributed by atoms with Gasteiger partial charge in [0.05, 0.1) is 18.6 Å². The SMILES string of the molecule is CSC(CO)C(C)NC1CCCC1C#N. The Morgan fingerprint density at radius 2 is 2.33 bits per heavy atom. The lowest BCUT2D eigenvalue weighted by molar-refractivity contribution is 0.267. The first-order valence-electron chi connectivity index (χ1n) is 5.52. The Labute approximate surface area is 96.2 Å². The molecule has 1 rings (SSSR count). The van der Waals surface area contributed by atoms with Crippen LogP contribution in [0.3, 0.4) is 0 Å². The van der Waals surface area contributed by atoms with Gasteiger partial charge >= 0.3 is 0 Å². The highest BCUT2D eigenvalue weighted by atomic mass is 32.2. The van der Waals surface area contributed by atoms with Crippen molar-refractivity contribution >= 4 is 11.8 Å². The van der Waals surface area contributed by atoms with Gasteiger partial charge in [-0.2, -0.15) is 17.0 Å². The predicted octanol–water partition coefficient (Wildman–Crippen LogP) is 1.38. The minimum atomic E-state index is 0.161. The Morgan fingerprint density at radius 3 is 2.87 bits per heavy atom. The van der Waals surface area contributed by atoms with E-state index in [0.717, 1.165) is 19.3 Å². The quantitative estimate of drug-likeness (QED) is 0.746. The smallest absolute Gasteiger partial charge is 0.0672 e. The average molecular weight is 228 g/mol. The van der Waals surface area contributed by atoms with Crippen LogP contribution in [0.15, 0.2) is 0 Å². The molecule has 15 heavy (non-hydrogen) atoms. The van der Waals surface area contributed by atoms with Gasteiger partial charge in [-0.25, -0.2) is 0 Å². The second-order valence-electron chi connectivity index (χ2n) is 4.19. The molecule has 1 fully saturated rings. The Morgan fingerprint density at radius 1 is 1.60 bits per heavy atom. The highest BCUT2D eigenvalue weighted by Crippen LogP contribution is 2.26. The summed E-state index contributed by atoms with van der Waals surface area (Å²) in [7, 11) is 0. The first-order chi connectivity index (χ1) is 7.22. The highest BCUT2D eigenvalue weighted by Gasteiger charge is 2.29. The number of nitriles is 1. The lowest BCUT2D eigenvalue weighted by atomic mass is 10.0. The Kier molecular flexibility index (Phi) is 5.44. The number of nitrogens with one attached hydrogen (secondary N) is 1. The van der Waals surface area contributed by atoms with Gasteiger partial charge in [-0.05, 0) is 26.0 Å². The molecule has 0 radical (unpaired) electrons. The number of thioether (sulfide) groups is 1. The molecule has 1 saturated carbocycles. The van der Waals surface area contributed by atoms with Gasteiger partial charge in [0.2, 0.25) is 0 Å². The molecule has 3 nitrogen and oxygen atoms in total. The molecule has 4 heteroatoms. The zero-order chi connectivity index (χ0) is 11.3. The highest BCUT2D eigenvalue weighted by molar-refractivity contribution is 7.99. The van der Waals surface area contributed by atoms with E-state index in [0.29, 0.717) is 6.04 Å². The first kappa shape index (κ1) is 12.8. The van der Waals surface area contributed by atoms with Crippen molar-refractivity contribution in [1.82, 2.24) is 5.32 Å². The third kappa shape index (κ3) is 3.37. The summed E-state index contributed by atoms with van der Waals surface area (Å²) in [6.45, 7) is 2.28. The van der Waals surface area contributed by atoms with Gasteiger partial charge in [-0.1, -0.05) is 6.42 Å². The monoisotopic (exact) mass is 228 g/mol. The number of aliphatic hydroxyl groups excluding tert-OH is 1. The summed E-state index contributed by atoms with van der Waals surface area (Å²) in [5, 5.41) is 21.8. The fourth-order valence-electron chi connectivity index (χ4n) is 2.20. The molecule has 0 spiro atoms. The van der Waals surface area contributed by atoms with Crippen LogP contribution in [0.4, 0.5) is 0 Å². The molecule has 2 N–H and O–H groups in total. The van der Waals surface area contributed by atoms with Gasteiger partial charge < -0.3 is 10.4 Å². The topological polar surface area (TPSA) is 56.0 Å². The Hall–Kier alpha value is -0.240. The van der Waals surface area contributed by atoms with Crippen molar-refractivity contribution in [2.24, 2.45) is 5.92 Å². The molecule has 4 atom stereocenters. The number of nitrogens with zero attached hydrogens (tertiary/aromatic N) is 1. The molecule has 1 aliphatic carbocycles. The average Bonchev–Trinajstić information content (AvgIpc) is 2.67. The summed E-state index contributed by atoms with van der Waals surface area (Å²) >= 11 is 1.67. The van der Waals surface area contributed by atoms with Crippen LogP contribution in [-0.4, -0.2) is 35.3 Å². The molecule has 0 bridgehead atoms. The lowest BCUT2D eigenvalue weighted by Gasteiger charge is -2.26. The number of hydrogen-bond donors (Lipinski definition) is 2. The summed E-state index contributed by atoms with van der Waals surface area (Å²) in [4.78, 5) is 0. The van der Waals surface area contributed by atoms with Crippen molar-refractivity contribution in [3.8, 4) is 6.07 Å². The maximum Gasteiger partial charge on any atom is 0.0672 e. The Bertz CT molecular complexity index is 225. The van der Waals surface area contributed by atoms with Crippen molar-refractivity contribution < 1.29 is 5.11 Å². The number of rotatable bonds is 5. The maximum absolute atomic E-state index is 9.17. The van der Waals surface area contributed by atoms with Gasteiger partial charge in [-0.15, -0.1) is 0 Å². The van der Waals surface area contributed by atoms with E-state index in [1.54, 1.807) is 11.8 Å². The zero-order valence-electron chi connectivity index (χ0n) is 9.44. The normalized spacial score (nSPS) is 29.7. The van der Waals surface area contributed by atoms with Crippen LogP contribution in [0.1, 0.15) is 26.2 Å².